The zero-order chi connectivity index (χ0) is 13.0. The number of carboxylic acids is 1. The molecule has 1 aromatic heterocycles. The number of nitrogens with one attached hydrogen (secondary N) is 1. The van der Waals surface area contributed by atoms with Crippen LogP contribution in [0.3, 0.4) is 0 Å². The first-order valence-corrected chi connectivity index (χ1v) is 5.20. The maximum Gasteiger partial charge on any atom is 0.374 e. The van der Waals surface area contributed by atoms with Crippen LogP contribution >= 0.6 is 0 Å². The van der Waals surface area contributed by atoms with E-state index in [0.29, 0.717) is 11.4 Å². The fourth-order valence-electron chi connectivity index (χ4n) is 1.39. The molecule has 0 fully saturated rings. The monoisotopic (exact) mass is 247 g/mol. The van der Waals surface area contributed by atoms with Crippen molar-refractivity contribution in [2.75, 3.05) is 5.32 Å². The lowest BCUT2D eigenvalue weighted by Gasteiger charge is -2.06. The van der Waals surface area contributed by atoms with Crippen LogP contribution < -0.4 is 5.32 Å². The van der Waals surface area contributed by atoms with Gasteiger partial charge in [0, 0.05) is 18.3 Å². The summed E-state index contributed by atoms with van der Waals surface area (Å²) < 4.78 is 13.3. The molecule has 0 bridgehead atoms. The molecule has 1 aromatic carbocycles. The standard InChI is InChI=1S/C12H10FN3O2/c13-9-4-2-1-3-8(9)7-15-10-5-6-14-11(16-10)12(17)18/h1-6H,7H2,(H,17,18)(H,14,15,16). The summed E-state index contributed by atoms with van der Waals surface area (Å²) in [4.78, 5) is 18.0. The highest BCUT2D eigenvalue weighted by Gasteiger charge is 2.07. The molecule has 2 rings (SSSR count). The SMILES string of the molecule is O=C(O)c1nccc(NCc2ccccc2F)n1. The second-order valence-corrected chi connectivity index (χ2v) is 3.52. The zero-order valence-corrected chi connectivity index (χ0v) is 9.30. The Bertz CT molecular complexity index is 575. The van der Waals surface area contributed by atoms with Crippen LogP contribution in [0.25, 0.3) is 0 Å². The van der Waals surface area contributed by atoms with Crippen LogP contribution in [0.4, 0.5) is 10.2 Å². The van der Waals surface area contributed by atoms with Gasteiger partial charge in [0.15, 0.2) is 0 Å². The molecule has 0 spiro atoms. The third-order valence-electron chi connectivity index (χ3n) is 2.26. The first kappa shape index (κ1) is 12.0. The summed E-state index contributed by atoms with van der Waals surface area (Å²) in [5.74, 6) is -1.48. The number of carbonyl (C=O) groups is 1. The van der Waals surface area contributed by atoms with Crippen LogP contribution in [0.15, 0.2) is 36.5 Å². The van der Waals surface area contributed by atoms with Gasteiger partial charge < -0.3 is 10.4 Å². The molecule has 92 valence electrons. The second-order valence-electron chi connectivity index (χ2n) is 3.52. The quantitative estimate of drug-likeness (QED) is 0.863. The molecule has 2 aromatic rings. The first-order valence-electron chi connectivity index (χ1n) is 5.20. The van der Waals surface area contributed by atoms with Gasteiger partial charge in [0.1, 0.15) is 11.6 Å². The van der Waals surface area contributed by atoms with E-state index in [9.17, 15) is 9.18 Å². The van der Waals surface area contributed by atoms with Gasteiger partial charge in [0.05, 0.1) is 0 Å². The van der Waals surface area contributed by atoms with Crippen molar-refractivity contribution in [3.8, 4) is 0 Å². The van der Waals surface area contributed by atoms with Crippen molar-refractivity contribution in [1.29, 1.82) is 0 Å². The van der Waals surface area contributed by atoms with E-state index in [1.165, 1.54) is 18.3 Å². The Morgan fingerprint density at radius 2 is 2.11 bits per heavy atom. The van der Waals surface area contributed by atoms with Gasteiger partial charge in [0.2, 0.25) is 5.82 Å². The molecule has 0 saturated heterocycles. The van der Waals surface area contributed by atoms with E-state index < -0.39 is 5.97 Å². The van der Waals surface area contributed by atoms with Crippen LogP contribution in [0.2, 0.25) is 0 Å². The molecule has 2 N–H and O–H groups in total. The van der Waals surface area contributed by atoms with Crippen LogP contribution in [0.5, 0.6) is 0 Å². The Morgan fingerprint density at radius 1 is 1.33 bits per heavy atom. The highest BCUT2D eigenvalue weighted by Crippen LogP contribution is 2.09. The Labute approximate surface area is 102 Å². The van der Waals surface area contributed by atoms with Gasteiger partial charge in [-0.15, -0.1) is 0 Å². The van der Waals surface area contributed by atoms with Gasteiger partial charge in [-0.25, -0.2) is 19.2 Å². The second kappa shape index (κ2) is 5.22. The summed E-state index contributed by atoms with van der Waals surface area (Å²) in [6.07, 6.45) is 1.33. The highest BCUT2D eigenvalue weighted by atomic mass is 19.1. The number of benzene rings is 1. The van der Waals surface area contributed by atoms with E-state index in [1.807, 2.05) is 0 Å². The molecule has 0 aliphatic carbocycles. The van der Waals surface area contributed by atoms with Crippen molar-refractivity contribution in [3.05, 3.63) is 53.7 Å². The summed E-state index contributed by atoms with van der Waals surface area (Å²) in [6.45, 7) is 0.225. The van der Waals surface area contributed by atoms with Crippen molar-refractivity contribution < 1.29 is 14.3 Å². The molecule has 0 unspecified atom stereocenters. The third-order valence-corrected chi connectivity index (χ3v) is 2.26. The van der Waals surface area contributed by atoms with Crippen molar-refractivity contribution >= 4 is 11.8 Å². The highest BCUT2D eigenvalue weighted by molar-refractivity contribution is 5.83. The molecular weight excluding hydrogens is 237 g/mol. The maximum atomic E-state index is 13.3. The lowest BCUT2D eigenvalue weighted by Crippen LogP contribution is -2.08. The molecule has 0 amide bonds. The normalized spacial score (nSPS) is 10.1. The average molecular weight is 247 g/mol. The minimum absolute atomic E-state index is 0.225. The molecular formula is C12H10FN3O2. The number of carboxylic acid groups (broad SMARTS) is 1. The average Bonchev–Trinajstić information content (AvgIpc) is 2.38. The largest absolute Gasteiger partial charge is 0.475 e. The number of hydrogen-bond acceptors (Lipinski definition) is 4. The van der Waals surface area contributed by atoms with Crippen molar-refractivity contribution in [1.82, 2.24) is 9.97 Å². The third kappa shape index (κ3) is 2.79. The predicted molar refractivity (Wildman–Crippen MR) is 62.7 cm³/mol. The van der Waals surface area contributed by atoms with E-state index in [1.54, 1.807) is 18.2 Å². The van der Waals surface area contributed by atoms with Crippen LogP contribution in [-0.2, 0) is 6.54 Å². The van der Waals surface area contributed by atoms with E-state index in [4.69, 9.17) is 5.11 Å². The van der Waals surface area contributed by atoms with Gasteiger partial charge in [-0.3, -0.25) is 0 Å². The molecule has 5 nitrogen and oxygen atoms in total. The predicted octanol–water partition coefficient (Wildman–Crippen LogP) is 1.93. The fourth-order valence-corrected chi connectivity index (χ4v) is 1.39. The van der Waals surface area contributed by atoms with Gasteiger partial charge in [0.25, 0.3) is 0 Å². The number of aromatic nitrogens is 2. The first-order chi connectivity index (χ1) is 8.66. The van der Waals surface area contributed by atoms with Gasteiger partial charge in [-0.05, 0) is 12.1 Å². The van der Waals surface area contributed by atoms with E-state index >= 15 is 0 Å². The van der Waals surface area contributed by atoms with E-state index in [0.717, 1.165) is 0 Å². The smallest absolute Gasteiger partial charge is 0.374 e. The lowest BCUT2D eigenvalue weighted by atomic mass is 10.2. The number of nitrogens with zero attached hydrogens (tertiary/aromatic N) is 2. The molecule has 6 heteroatoms. The Kier molecular flexibility index (Phi) is 3.47. The van der Waals surface area contributed by atoms with Crippen LogP contribution in [0.1, 0.15) is 16.2 Å². The molecule has 18 heavy (non-hydrogen) atoms. The van der Waals surface area contributed by atoms with Crippen molar-refractivity contribution in [2.24, 2.45) is 0 Å². The van der Waals surface area contributed by atoms with Gasteiger partial charge in [-0.2, -0.15) is 0 Å². The lowest BCUT2D eigenvalue weighted by molar-refractivity contribution is 0.0683. The minimum atomic E-state index is -1.20. The minimum Gasteiger partial charge on any atom is -0.475 e. The Morgan fingerprint density at radius 3 is 2.83 bits per heavy atom. The number of aromatic carboxylic acids is 1. The number of halogens is 1. The Balaban J connectivity index is 2.09. The Hall–Kier alpha value is -2.50. The molecule has 0 atom stereocenters. The summed E-state index contributed by atoms with van der Waals surface area (Å²) in [6, 6.07) is 7.85. The topological polar surface area (TPSA) is 75.1 Å². The summed E-state index contributed by atoms with van der Waals surface area (Å²) >= 11 is 0. The maximum absolute atomic E-state index is 13.3. The number of anilines is 1. The zero-order valence-electron chi connectivity index (χ0n) is 9.30. The summed E-state index contributed by atoms with van der Waals surface area (Å²) in [7, 11) is 0. The molecule has 0 aliphatic heterocycles. The number of rotatable bonds is 4. The van der Waals surface area contributed by atoms with Crippen molar-refractivity contribution in [3.63, 3.8) is 0 Å². The van der Waals surface area contributed by atoms with Gasteiger partial charge in [-0.1, -0.05) is 18.2 Å². The fraction of sp³-hybridized carbons (Fsp3) is 0.0833. The number of hydrogen-bond donors (Lipinski definition) is 2. The van der Waals surface area contributed by atoms with Crippen LogP contribution in [-0.4, -0.2) is 21.0 Å². The van der Waals surface area contributed by atoms with Crippen molar-refractivity contribution in [2.45, 2.75) is 6.54 Å². The van der Waals surface area contributed by atoms with E-state index in [-0.39, 0.29) is 18.2 Å². The van der Waals surface area contributed by atoms with Gasteiger partial charge >= 0.3 is 5.97 Å². The molecule has 0 saturated carbocycles. The summed E-state index contributed by atoms with van der Waals surface area (Å²) in [5.41, 5.74) is 0.480. The summed E-state index contributed by atoms with van der Waals surface area (Å²) in [5, 5.41) is 11.6. The molecule has 0 aliphatic rings. The molecule has 0 radical (unpaired) electrons. The van der Waals surface area contributed by atoms with Crippen LogP contribution in [0, 0.1) is 5.82 Å². The van der Waals surface area contributed by atoms with E-state index in [2.05, 4.69) is 15.3 Å². The molecule has 1 heterocycles.